The Labute approximate surface area is 97.2 Å². The Morgan fingerprint density at radius 1 is 1.38 bits per heavy atom. The van der Waals surface area contributed by atoms with E-state index in [0.717, 1.165) is 18.7 Å². The average Bonchev–Trinajstić information content (AvgIpc) is 2.29. The molecule has 1 aliphatic heterocycles. The van der Waals surface area contributed by atoms with E-state index in [9.17, 15) is 0 Å². The standard InChI is InChI=1S/C13H20N2O/c1-15-9-5-7-11(14)13(15)10-6-3-4-8-12(10)16-2/h3-4,6,8,11,13H,5,7,9,14H2,1-2H3. The third kappa shape index (κ3) is 2.06. The van der Waals surface area contributed by atoms with E-state index in [1.165, 1.54) is 12.0 Å². The lowest BCUT2D eigenvalue weighted by Gasteiger charge is -2.38. The zero-order valence-corrected chi connectivity index (χ0v) is 10.0. The molecule has 2 rings (SSSR count). The second-order valence-electron chi connectivity index (χ2n) is 4.47. The molecular formula is C13H20N2O. The van der Waals surface area contributed by atoms with Crippen LogP contribution < -0.4 is 10.5 Å². The summed E-state index contributed by atoms with van der Waals surface area (Å²) in [4.78, 5) is 2.33. The summed E-state index contributed by atoms with van der Waals surface area (Å²) in [5, 5.41) is 0. The largest absolute Gasteiger partial charge is 0.496 e. The molecule has 1 fully saturated rings. The molecular weight excluding hydrogens is 200 g/mol. The lowest BCUT2D eigenvalue weighted by molar-refractivity contribution is 0.160. The van der Waals surface area contributed by atoms with Crippen LogP contribution in [0.5, 0.6) is 5.75 Å². The van der Waals surface area contributed by atoms with Crippen molar-refractivity contribution in [2.45, 2.75) is 24.9 Å². The SMILES string of the molecule is COc1ccccc1C1C(N)CCCN1C. The average molecular weight is 220 g/mol. The van der Waals surface area contributed by atoms with Gasteiger partial charge in [-0.25, -0.2) is 0 Å². The molecule has 0 radical (unpaired) electrons. The molecule has 2 unspecified atom stereocenters. The van der Waals surface area contributed by atoms with Crippen LogP contribution in [0.2, 0.25) is 0 Å². The van der Waals surface area contributed by atoms with E-state index in [1.807, 2.05) is 18.2 Å². The number of piperidine rings is 1. The number of ether oxygens (including phenoxy) is 1. The molecule has 0 saturated carbocycles. The zero-order chi connectivity index (χ0) is 11.5. The summed E-state index contributed by atoms with van der Waals surface area (Å²) in [5.41, 5.74) is 7.44. The maximum Gasteiger partial charge on any atom is 0.123 e. The van der Waals surface area contributed by atoms with E-state index >= 15 is 0 Å². The van der Waals surface area contributed by atoms with Gasteiger partial charge < -0.3 is 10.5 Å². The van der Waals surface area contributed by atoms with Gasteiger partial charge in [0, 0.05) is 11.6 Å². The highest BCUT2D eigenvalue weighted by molar-refractivity contribution is 5.37. The van der Waals surface area contributed by atoms with Crippen molar-refractivity contribution in [1.82, 2.24) is 4.90 Å². The molecule has 16 heavy (non-hydrogen) atoms. The summed E-state index contributed by atoms with van der Waals surface area (Å²) in [6, 6.07) is 8.65. The minimum absolute atomic E-state index is 0.204. The smallest absolute Gasteiger partial charge is 0.123 e. The number of rotatable bonds is 2. The normalized spacial score (nSPS) is 26.7. The number of nitrogens with zero attached hydrogens (tertiary/aromatic N) is 1. The third-order valence-corrected chi connectivity index (χ3v) is 3.39. The number of nitrogens with two attached hydrogens (primary N) is 1. The summed E-state index contributed by atoms with van der Waals surface area (Å²) in [6.07, 6.45) is 2.27. The molecule has 2 N–H and O–H groups in total. The topological polar surface area (TPSA) is 38.5 Å². The molecule has 1 aromatic carbocycles. The fourth-order valence-corrected chi connectivity index (χ4v) is 2.58. The summed E-state index contributed by atoms with van der Waals surface area (Å²) < 4.78 is 5.41. The number of para-hydroxylation sites is 1. The van der Waals surface area contributed by atoms with Crippen LogP contribution in [-0.4, -0.2) is 31.6 Å². The van der Waals surface area contributed by atoms with Crippen LogP contribution in [0.15, 0.2) is 24.3 Å². The van der Waals surface area contributed by atoms with E-state index in [1.54, 1.807) is 7.11 Å². The van der Waals surface area contributed by atoms with Gasteiger partial charge in [0.2, 0.25) is 0 Å². The van der Waals surface area contributed by atoms with Crippen molar-refractivity contribution < 1.29 is 4.74 Å². The predicted octanol–water partition coefficient (Wildman–Crippen LogP) is 1.79. The number of hydrogen-bond donors (Lipinski definition) is 1. The Morgan fingerprint density at radius 3 is 2.81 bits per heavy atom. The molecule has 1 aliphatic rings. The molecule has 2 atom stereocenters. The monoisotopic (exact) mass is 220 g/mol. The lowest BCUT2D eigenvalue weighted by atomic mass is 9.91. The van der Waals surface area contributed by atoms with Gasteiger partial charge in [0.1, 0.15) is 5.75 Å². The zero-order valence-electron chi connectivity index (χ0n) is 10.0. The minimum Gasteiger partial charge on any atom is -0.496 e. The molecule has 3 heteroatoms. The molecule has 1 heterocycles. The van der Waals surface area contributed by atoms with Crippen molar-refractivity contribution in [3.05, 3.63) is 29.8 Å². The van der Waals surface area contributed by atoms with Crippen molar-refractivity contribution in [3.8, 4) is 5.75 Å². The van der Waals surface area contributed by atoms with Gasteiger partial charge >= 0.3 is 0 Å². The molecule has 88 valence electrons. The molecule has 0 amide bonds. The first-order chi connectivity index (χ1) is 7.74. The number of benzene rings is 1. The number of methoxy groups -OCH3 is 1. The second kappa shape index (κ2) is 4.85. The van der Waals surface area contributed by atoms with Crippen LogP contribution in [0, 0.1) is 0 Å². The van der Waals surface area contributed by atoms with Gasteiger partial charge in [-0.3, -0.25) is 4.90 Å². The first-order valence-electron chi connectivity index (χ1n) is 5.82. The van der Waals surface area contributed by atoms with E-state index in [2.05, 4.69) is 18.0 Å². The van der Waals surface area contributed by atoms with Crippen molar-refractivity contribution >= 4 is 0 Å². The molecule has 0 aromatic heterocycles. The summed E-state index contributed by atoms with van der Waals surface area (Å²) in [7, 11) is 3.85. The van der Waals surface area contributed by atoms with Crippen LogP contribution in [-0.2, 0) is 0 Å². The fraction of sp³-hybridized carbons (Fsp3) is 0.538. The summed E-state index contributed by atoms with van der Waals surface area (Å²) >= 11 is 0. The van der Waals surface area contributed by atoms with Crippen LogP contribution in [0.4, 0.5) is 0 Å². The van der Waals surface area contributed by atoms with E-state index in [0.29, 0.717) is 0 Å². The highest BCUT2D eigenvalue weighted by Gasteiger charge is 2.29. The second-order valence-corrected chi connectivity index (χ2v) is 4.47. The molecule has 0 spiro atoms. The summed E-state index contributed by atoms with van der Waals surface area (Å²) in [6.45, 7) is 1.11. The third-order valence-electron chi connectivity index (χ3n) is 3.39. The van der Waals surface area contributed by atoms with Crippen LogP contribution >= 0.6 is 0 Å². The molecule has 1 saturated heterocycles. The Hall–Kier alpha value is -1.06. The van der Waals surface area contributed by atoms with Gasteiger partial charge in [0.15, 0.2) is 0 Å². The minimum atomic E-state index is 0.204. The van der Waals surface area contributed by atoms with E-state index in [-0.39, 0.29) is 12.1 Å². The van der Waals surface area contributed by atoms with Crippen molar-refractivity contribution in [2.24, 2.45) is 5.73 Å². The highest BCUT2D eigenvalue weighted by Crippen LogP contribution is 2.34. The lowest BCUT2D eigenvalue weighted by Crippen LogP contribution is -2.43. The van der Waals surface area contributed by atoms with E-state index in [4.69, 9.17) is 10.5 Å². The number of likely N-dealkylation sites (tertiary alicyclic amines) is 1. The highest BCUT2D eigenvalue weighted by atomic mass is 16.5. The van der Waals surface area contributed by atoms with E-state index < -0.39 is 0 Å². The van der Waals surface area contributed by atoms with Crippen molar-refractivity contribution in [2.75, 3.05) is 20.7 Å². The van der Waals surface area contributed by atoms with Gasteiger partial charge in [-0.2, -0.15) is 0 Å². The Morgan fingerprint density at radius 2 is 2.12 bits per heavy atom. The molecule has 0 aliphatic carbocycles. The summed E-state index contributed by atoms with van der Waals surface area (Å²) in [5.74, 6) is 0.941. The van der Waals surface area contributed by atoms with Gasteiger partial charge in [-0.15, -0.1) is 0 Å². The molecule has 3 nitrogen and oxygen atoms in total. The van der Waals surface area contributed by atoms with Crippen LogP contribution in [0.25, 0.3) is 0 Å². The van der Waals surface area contributed by atoms with Crippen molar-refractivity contribution in [1.29, 1.82) is 0 Å². The van der Waals surface area contributed by atoms with Gasteiger partial charge in [-0.1, -0.05) is 18.2 Å². The number of likely N-dealkylation sites (N-methyl/N-ethyl adjacent to an activating group) is 1. The van der Waals surface area contributed by atoms with Crippen LogP contribution in [0.3, 0.4) is 0 Å². The Bertz CT molecular complexity index is 344. The Kier molecular flexibility index (Phi) is 3.46. The maximum absolute atomic E-state index is 6.23. The van der Waals surface area contributed by atoms with Gasteiger partial charge in [-0.05, 0) is 32.5 Å². The van der Waals surface area contributed by atoms with Gasteiger partial charge in [0.05, 0.1) is 13.2 Å². The van der Waals surface area contributed by atoms with Crippen LogP contribution in [0.1, 0.15) is 24.4 Å². The first-order valence-corrected chi connectivity index (χ1v) is 5.82. The Balaban J connectivity index is 2.33. The number of hydrogen-bond acceptors (Lipinski definition) is 3. The quantitative estimate of drug-likeness (QED) is 0.825. The fourth-order valence-electron chi connectivity index (χ4n) is 2.58. The maximum atomic E-state index is 6.23. The molecule has 1 aromatic rings. The van der Waals surface area contributed by atoms with Gasteiger partial charge in [0.25, 0.3) is 0 Å². The molecule has 0 bridgehead atoms. The first kappa shape index (κ1) is 11.4. The predicted molar refractivity (Wildman–Crippen MR) is 65.6 cm³/mol. The van der Waals surface area contributed by atoms with Crippen molar-refractivity contribution in [3.63, 3.8) is 0 Å².